The zero-order valence-corrected chi connectivity index (χ0v) is 15.2. The molecule has 1 aromatic carbocycles. The molecule has 0 aromatic heterocycles. The number of nitrogens with zero attached hydrogens (tertiary/aromatic N) is 1. The van der Waals surface area contributed by atoms with Crippen molar-refractivity contribution in [2.24, 2.45) is 4.99 Å². The van der Waals surface area contributed by atoms with E-state index >= 15 is 0 Å². The number of benzene rings is 1. The number of carbonyl (C=O) groups is 2. The average Bonchev–Trinajstić information content (AvgIpc) is 2.82. The standard InChI is InChI=1S/C17H23N3O3S/c1-10-5-6-11(2)13(7-10)19-15(21)8-14-16(22)20-17(24-14)18-12(3)9-23-4/h5-7,12,14H,8-9H2,1-4H3,(H,19,21)(H,18,20,22). The average molecular weight is 349 g/mol. The Labute approximate surface area is 146 Å². The Bertz CT molecular complexity index is 660. The molecule has 0 saturated carbocycles. The summed E-state index contributed by atoms with van der Waals surface area (Å²) in [5.41, 5.74) is 2.85. The highest BCUT2D eigenvalue weighted by Gasteiger charge is 2.32. The molecule has 1 saturated heterocycles. The zero-order valence-electron chi connectivity index (χ0n) is 14.4. The maximum Gasteiger partial charge on any atom is 0.240 e. The number of rotatable bonds is 6. The molecule has 1 fully saturated rings. The normalized spacial score (nSPS) is 20.1. The van der Waals surface area contributed by atoms with Gasteiger partial charge in [0.2, 0.25) is 11.8 Å². The van der Waals surface area contributed by atoms with Gasteiger partial charge in [-0.1, -0.05) is 23.9 Å². The molecule has 6 nitrogen and oxygen atoms in total. The lowest BCUT2D eigenvalue weighted by molar-refractivity contribution is -0.122. The topological polar surface area (TPSA) is 79.8 Å². The molecule has 1 aliphatic rings. The van der Waals surface area contributed by atoms with Crippen LogP contribution in [0.3, 0.4) is 0 Å². The molecule has 2 amide bonds. The van der Waals surface area contributed by atoms with Crippen molar-refractivity contribution in [2.75, 3.05) is 19.0 Å². The van der Waals surface area contributed by atoms with E-state index in [0.29, 0.717) is 11.8 Å². The van der Waals surface area contributed by atoms with Gasteiger partial charge in [0.25, 0.3) is 0 Å². The highest BCUT2D eigenvalue weighted by atomic mass is 32.2. The molecule has 130 valence electrons. The number of ether oxygens (including phenoxy) is 1. The van der Waals surface area contributed by atoms with Crippen LogP contribution in [0.5, 0.6) is 0 Å². The Morgan fingerprint density at radius 2 is 2.21 bits per heavy atom. The third-order valence-corrected chi connectivity index (χ3v) is 4.66. The van der Waals surface area contributed by atoms with Gasteiger partial charge in [-0.3, -0.25) is 14.6 Å². The van der Waals surface area contributed by atoms with Crippen molar-refractivity contribution in [3.05, 3.63) is 29.3 Å². The number of nitrogens with one attached hydrogen (secondary N) is 2. The third kappa shape index (κ3) is 5.07. The summed E-state index contributed by atoms with van der Waals surface area (Å²) in [6.07, 6.45) is 0.113. The first-order valence-corrected chi connectivity index (χ1v) is 8.68. The van der Waals surface area contributed by atoms with Crippen molar-refractivity contribution in [3.63, 3.8) is 0 Å². The first-order chi connectivity index (χ1) is 11.4. The molecule has 24 heavy (non-hydrogen) atoms. The molecule has 0 aliphatic carbocycles. The van der Waals surface area contributed by atoms with Gasteiger partial charge in [-0.05, 0) is 38.0 Å². The number of carbonyl (C=O) groups excluding carboxylic acids is 2. The third-order valence-electron chi connectivity index (χ3n) is 3.56. The number of aliphatic imine (C=N–C) groups is 1. The van der Waals surface area contributed by atoms with Gasteiger partial charge in [-0.15, -0.1) is 0 Å². The molecule has 0 spiro atoms. The van der Waals surface area contributed by atoms with E-state index in [1.54, 1.807) is 7.11 Å². The first-order valence-electron chi connectivity index (χ1n) is 7.80. The van der Waals surface area contributed by atoms with Crippen LogP contribution >= 0.6 is 11.8 Å². The summed E-state index contributed by atoms with van der Waals surface area (Å²) in [6.45, 7) is 6.30. The van der Waals surface area contributed by atoms with Crippen LogP contribution in [-0.2, 0) is 14.3 Å². The fourth-order valence-electron chi connectivity index (χ4n) is 2.32. The van der Waals surface area contributed by atoms with E-state index in [4.69, 9.17) is 4.74 Å². The first kappa shape index (κ1) is 18.5. The fraction of sp³-hybridized carbons (Fsp3) is 0.471. The van der Waals surface area contributed by atoms with Crippen LogP contribution in [0.2, 0.25) is 0 Å². The Balaban J connectivity index is 1.94. The van der Waals surface area contributed by atoms with Crippen molar-refractivity contribution < 1.29 is 14.3 Å². The lowest BCUT2D eigenvalue weighted by Crippen LogP contribution is -2.28. The zero-order chi connectivity index (χ0) is 17.7. The maximum atomic E-state index is 12.2. The van der Waals surface area contributed by atoms with Crippen LogP contribution in [0, 0.1) is 13.8 Å². The van der Waals surface area contributed by atoms with Gasteiger partial charge in [0.15, 0.2) is 5.17 Å². The number of amides is 2. The minimum absolute atomic E-state index is 0.0414. The Hall–Kier alpha value is -1.86. The molecule has 2 atom stereocenters. The van der Waals surface area contributed by atoms with E-state index in [2.05, 4.69) is 15.6 Å². The molecular formula is C17H23N3O3S. The molecule has 1 heterocycles. The van der Waals surface area contributed by atoms with Gasteiger partial charge in [0.1, 0.15) is 5.25 Å². The number of thioether (sulfide) groups is 1. The number of aryl methyl sites for hydroxylation is 2. The summed E-state index contributed by atoms with van der Waals surface area (Å²) in [5.74, 6) is -0.359. The highest BCUT2D eigenvalue weighted by Crippen LogP contribution is 2.24. The summed E-state index contributed by atoms with van der Waals surface area (Å²) in [7, 11) is 1.61. The summed E-state index contributed by atoms with van der Waals surface area (Å²) >= 11 is 1.29. The number of hydrogen-bond acceptors (Lipinski definition) is 5. The lowest BCUT2D eigenvalue weighted by Gasteiger charge is -2.10. The second-order valence-electron chi connectivity index (χ2n) is 5.91. The predicted molar refractivity (Wildman–Crippen MR) is 97.5 cm³/mol. The molecular weight excluding hydrogens is 326 g/mol. The molecule has 2 N–H and O–H groups in total. The fourth-order valence-corrected chi connectivity index (χ4v) is 3.39. The SMILES string of the molecule is COCC(C)N=C1NC(=O)C(CC(=O)Nc2cc(C)ccc2C)S1. The molecule has 2 rings (SSSR count). The summed E-state index contributed by atoms with van der Waals surface area (Å²) in [5, 5.41) is 5.70. The van der Waals surface area contributed by atoms with Gasteiger partial charge in [-0.25, -0.2) is 0 Å². The van der Waals surface area contributed by atoms with Crippen LogP contribution in [0.4, 0.5) is 5.69 Å². The van der Waals surface area contributed by atoms with Crippen LogP contribution in [0.1, 0.15) is 24.5 Å². The van der Waals surface area contributed by atoms with Crippen LogP contribution < -0.4 is 10.6 Å². The molecule has 2 unspecified atom stereocenters. The number of anilines is 1. The number of hydrogen-bond donors (Lipinski definition) is 2. The monoisotopic (exact) mass is 349 g/mol. The van der Waals surface area contributed by atoms with Crippen molar-refractivity contribution >= 4 is 34.4 Å². The van der Waals surface area contributed by atoms with Gasteiger partial charge in [0, 0.05) is 19.2 Å². The molecule has 0 bridgehead atoms. The second-order valence-corrected chi connectivity index (χ2v) is 7.10. The molecule has 1 aromatic rings. The van der Waals surface area contributed by atoms with Gasteiger partial charge >= 0.3 is 0 Å². The van der Waals surface area contributed by atoms with Crippen molar-refractivity contribution in [3.8, 4) is 0 Å². The summed E-state index contributed by atoms with van der Waals surface area (Å²) in [6, 6.07) is 5.84. The smallest absolute Gasteiger partial charge is 0.240 e. The van der Waals surface area contributed by atoms with E-state index in [1.165, 1.54) is 11.8 Å². The van der Waals surface area contributed by atoms with E-state index in [9.17, 15) is 9.59 Å². The van der Waals surface area contributed by atoms with E-state index < -0.39 is 5.25 Å². The Morgan fingerprint density at radius 3 is 2.92 bits per heavy atom. The van der Waals surface area contributed by atoms with Crippen molar-refractivity contribution in [1.29, 1.82) is 0 Å². The summed E-state index contributed by atoms with van der Waals surface area (Å²) < 4.78 is 5.03. The largest absolute Gasteiger partial charge is 0.382 e. The second kappa shape index (κ2) is 8.30. The number of amidine groups is 1. The Morgan fingerprint density at radius 1 is 1.46 bits per heavy atom. The number of methoxy groups -OCH3 is 1. The van der Waals surface area contributed by atoms with Crippen molar-refractivity contribution in [2.45, 2.75) is 38.5 Å². The van der Waals surface area contributed by atoms with Gasteiger partial charge in [0.05, 0.1) is 12.6 Å². The van der Waals surface area contributed by atoms with E-state index in [-0.39, 0.29) is 24.3 Å². The van der Waals surface area contributed by atoms with E-state index in [0.717, 1.165) is 16.8 Å². The molecule has 1 aliphatic heterocycles. The minimum atomic E-state index is -0.455. The maximum absolute atomic E-state index is 12.2. The minimum Gasteiger partial charge on any atom is -0.382 e. The van der Waals surface area contributed by atoms with Crippen LogP contribution in [-0.4, -0.2) is 42.0 Å². The molecule has 7 heteroatoms. The van der Waals surface area contributed by atoms with E-state index in [1.807, 2.05) is 39.0 Å². The highest BCUT2D eigenvalue weighted by molar-refractivity contribution is 8.15. The Kier molecular flexibility index (Phi) is 6.39. The quantitative estimate of drug-likeness (QED) is 0.825. The molecule has 0 radical (unpaired) electrons. The predicted octanol–water partition coefficient (Wildman–Crippen LogP) is 2.25. The lowest BCUT2D eigenvalue weighted by atomic mass is 10.1. The van der Waals surface area contributed by atoms with Crippen LogP contribution in [0.15, 0.2) is 23.2 Å². The van der Waals surface area contributed by atoms with Crippen LogP contribution in [0.25, 0.3) is 0 Å². The van der Waals surface area contributed by atoms with Gasteiger partial charge < -0.3 is 15.4 Å². The van der Waals surface area contributed by atoms with Gasteiger partial charge in [-0.2, -0.15) is 0 Å². The summed E-state index contributed by atoms with van der Waals surface area (Å²) in [4.78, 5) is 28.6. The van der Waals surface area contributed by atoms with Crippen molar-refractivity contribution in [1.82, 2.24) is 5.32 Å².